The quantitative estimate of drug-likeness (QED) is 0.709. The monoisotopic (exact) mass is 211 g/mol. The van der Waals surface area contributed by atoms with Gasteiger partial charge in [0, 0.05) is 11.6 Å². The Morgan fingerprint density at radius 3 is 2.46 bits per heavy atom. The largest absolute Gasteiger partial charge is 0.417 e. The van der Waals surface area contributed by atoms with Crippen LogP contribution in [-0.2, 0) is 0 Å². The van der Waals surface area contributed by atoms with E-state index in [1.54, 1.807) is 0 Å². The zero-order valence-corrected chi connectivity index (χ0v) is 7.54. The Labute approximate surface area is 79.0 Å². The van der Waals surface area contributed by atoms with E-state index in [9.17, 15) is 13.2 Å². The Hall–Kier alpha value is -0.480. The van der Waals surface area contributed by atoms with Crippen LogP contribution in [0.25, 0.3) is 0 Å². The Kier molecular flexibility index (Phi) is 3.03. The molecule has 1 nitrogen and oxygen atoms in total. The summed E-state index contributed by atoms with van der Waals surface area (Å²) in [6, 6.07) is 0. The lowest BCUT2D eigenvalue weighted by molar-refractivity contribution is -0.0889. The molecule has 1 aliphatic rings. The number of alkyl halides is 3. The van der Waals surface area contributed by atoms with Crippen molar-refractivity contribution in [3.05, 3.63) is 22.3 Å². The summed E-state index contributed by atoms with van der Waals surface area (Å²) in [5.74, 6) is 0. The highest BCUT2D eigenvalue weighted by atomic mass is 35.5. The summed E-state index contributed by atoms with van der Waals surface area (Å²) in [6.07, 6.45) is -2.56. The maximum atomic E-state index is 12.3. The zero-order chi connectivity index (χ0) is 10.1. The molecule has 0 saturated heterocycles. The van der Waals surface area contributed by atoms with Crippen LogP contribution in [-0.4, -0.2) is 12.7 Å². The molecule has 0 aromatic heterocycles. The molecule has 74 valence electrons. The van der Waals surface area contributed by atoms with Gasteiger partial charge in [0.2, 0.25) is 0 Å². The molecule has 0 spiro atoms. The molecule has 0 bridgehead atoms. The highest BCUT2D eigenvalue weighted by molar-refractivity contribution is 6.30. The molecule has 0 aromatic rings. The second kappa shape index (κ2) is 3.72. The van der Waals surface area contributed by atoms with Gasteiger partial charge in [-0.2, -0.15) is 13.2 Å². The first-order chi connectivity index (χ1) is 5.95. The summed E-state index contributed by atoms with van der Waals surface area (Å²) in [5.41, 5.74) is 5.10. The summed E-state index contributed by atoms with van der Waals surface area (Å²) in [6.45, 7) is 0.156. The van der Waals surface area contributed by atoms with E-state index in [4.69, 9.17) is 17.3 Å². The van der Waals surface area contributed by atoms with Crippen LogP contribution in [0.5, 0.6) is 0 Å². The molecular formula is C8H9ClF3N. The van der Waals surface area contributed by atoms with E-state index < -0.39 is 11.7 Å². The Morgan fingerprint density at radius 1 is 1.38 bits per heavy atom. The standard InChI is InChI=1S/C8H9ClF3N/c9-7-2-1-5(4-13)3-6(7)8(10,11)12/h3H,1-2,4,13H2. The van der Waals surface area contributed by atoms with Crippen molar-refractivity contribution in [2.75, 3.05) is 6.54 Å². The van der Waals surface area contributed by atoms with E-state index in [1.165, 1.54) is 0 Å². The number of rotatable bonds is 1. The van der Waals surface area contributed by atoms with E-state index in [-0.39, 0.29) is 18.0 Å². The third-order valence-corrected chi connectivity index (χ3v) is 2.27. The fourth-order valence-corrected chi connectivity index (χ4v) is 1.41. The Balaban J connectivity index is 2.99. The van der Waals surface area contributed by atoms with Crippen LogP contribution in [0.4, 0.5) is 13.2 Å². The molecule has 13 heavy (non-hydrogen) atoms. The van der Waals surface area contributed by atoms with E-state index in [1.807, 2.05) is 0 Å². The fraction of sp³-hybridized carbons (Fsp3) is 0.500. The molecule has 0 aliphatic heterocycles. The van der Waals surface area contributed by atoms with Crippen molar-refractivity contribution in [1.29, 1.82) is 0 Å². The molecule has 2 N–H and O–H groups in total. The van der Waals surface area contributed by atoms with Gasteiger partial charge >= 0.3 is 6.18 Å². The predicted molar refractivity (Wildman–Crippen MR) is 45.3 cm³/mol. The van der Waals surface area contributed by atoms with Crippen LogP contribution in [0.1, 0.15) is 12.8 Å². The van der Waals surface area contributed by atoms with Gasteiger partial charge in [0.15, 0.2) is 0 Å². The molecule has 0 aromatic carbocycles. The van der Waals surface area contributed by atoms with Gasteiger partial charge in [-0.15, -0.1) is 0 Å². The second-order valence-corrected chi connectivity index (χ2v) is 3.28. The molecule has 0 fully saturated rings. The van der Waals surface area contributed by atoms with Gasteiger partial charge in [-0.1, -0.05) is 17.2 Å². The molecular weight excluding hydrogens is 203 g/mol. The van der Waals surface area contributed by atoms with Gasteiger partial charge in [-0.3, -0.25) is 0 Å². The summed E-state index contributed by atoms with van der Waals surface area (Å²) < 4.78 is 36.8. The molecule has 1 rings (SSSR count). The third-order valence-electron chi connectivity index (χ3n) is 1.87. The maximum Gasteiger partial charge on any atom is 0.417 e. The van der Waals surface area contributed by atoms with Gasteiger partial charge < -0.3 is 5.73 Å². The summed E-state index contributed by atoms with van der Waals surface area (Å²) in [5, 5.41) is -0.121. The number of halogens is 4. The van der Waals surface area contributed by atoms with Crippen molar-refractivity contribution >= 4 is 11.6 Å². The van der Waals surface area contributed by atoms with Crippen molar-refractivity contribution in [3.8, 4) is 0 Å². The van der Waals surface area contributed by atoms with Crippen LogP contribution in [0.3, 0.4) is 0 Å². The van der Waals surface area contributed by atoms with Gasteiger partial charge in [0.1, 0.15) is 0 Å². The lowest BCUT2D eigenvalue weighted by Gasteiger charge is -2.17. The first-order valence-corrected chi connectivity index (χ1v) is 4.18. The molecule has 0 saturated carbocycles. The summed E-state index contributed by atoms with van der Waals surface area (Å²) in [7, 11) is 0. The number of hydrogen-bond donors (Lipinski definition) is 1. The molecule has 0 unspecified atom stereocenters. The fourth-order valence-electron chi connectivity index (χ4n) is 1.16. The van der Waals surface area contributed by atoms with Crippen molar-refractivity contribution < 1.29 is 13.2 Å². The minimum Gasteiger partial charge on any atom is -0.327 e. The zero-order valence-electron chi connectivity index (χ0n) is 6.79. The second-order valence-electron chi connectivity index (χ2n) is 2.82. The minimum atomic E-state index is -4.36. The van der Waals surface area contributed by atoms with Gasteiger partial charge in [0.25, 0.3) is 0 Å². The smallest absolute Gasteiger partial charge is 0.327 e. The van der Waals surface area contributed by atoms with E-state index in [0.29, 0.717) is 12.0 Å². The lowest BCUT2D eigenvalue weighted by atomic mass is 9.99. The van der Waals surface area contributed by atoms with Crippen LogP contribution in [0, 0.1) is 0 Å². The van der Waals surface area contributed by atoms with Crippen LogP contribution >= 0.6 is 11.6 Å². The Morgan fingerprint density at radius 2 is 2.00 bits per heavy atom. The molecule has 0 atom stereocenters. The normalized spacial score (nSPS) is 19.0. The van der Waals surface area contributed by atoms with Crippen molar-refractivity contribution in [2.45, 2.75) is 19.0 Å². The predicted octanol–water partition coefficient (Wildman–Crippen LogP) is 2.72. The average Bonchev–Trinajstić information content (AvgIpc) is 2.03. The molecule has 5 heteroatoms. The van der Waals surface area contributed by atoms with E-state index in [2.05, 4.69) is 0 Å². The molecule has 0 radical (unpaired) electrons. The first kappa shape index (κ1) is 10.6. The number of allylic oxidation sites excluding steroid dienone is 3. The van der Waals surface area contributed by atoms with E-state index in [0.717, 1.165) is 6.08 Å². The topological polar surface area (TPSA) is 26.0 Å². The number of nitrogens with two attached hydrogens (primary N) is 1. The van der Waals surface area contributed by atoms with Crippen molar-refractivity contribution in [2.24, 2.45) is 5.73 Å². The highest BCUT2D eigenvalue weighted by Crippen LogP contribution is 2.36. The minimum absolute atomic E-state index is 0.121. The van der Waals surface area contributed by atoms with E-state index >= 15 is 0 Å². The van der Waals surface area contributed by atoms with Gasteiger partial charge in [-0.05, 0) is 18.9 Å². The van der Waals surface area contributed by atoms with Crippen LogP contribution in [0.15, 0.2) is 22.3 Å². The van der Waals surface area contributed by atoms with Gasteiger partial charge in [-0.25, -0.2) is 0 Å². The third kappa shape index (κ3) is 2.48. The lowest BCUT2D eigenvalue weighted by Crippen LogP contribution is -2.16. The van der Waals surface area contributed by atoms with Crippen molar-refractivity contribution in [1.82, 2.24) is 0 Å². The molecule has 0 amide bonds. The summed E-state index contributed by atoms with van der Waals surface area (Å²) >= 11 is 5.46. The first-order valence-electron chi connectivity index (χ1n) is 3.80. The molecule has 1 aliphatic carbocycles. The average molecular weight is 212 g/mol. The molecule has 0 heterocycles. The van der Waals surface area contributed by atoms with Crippen LogP contribution < -0.4 is 5.73 Å². The summed E-state index contributed by atoms with van der Waals surface area (Å²) in [4.78, 5) is 0. The van der Waals surface area contributed by atoms with Crippen LogP contribution in [0.2, 0.25) is 0 Å². The van der Waals surface area contributed by atoms with Crippen molar-refractivity contribution in [3.63, 3.8) is 0 Å². The SMILES string of the molecule is NCC1=CC(C(F)(F)F)=C(Cl)CC1. The van der Waals surface area contributed by atoms with Gasteiger partial charge in [0.05, 0.1) is 5.57 Å². The Bertz CT molecular complexity index is 265. The number of hydrogen-bond acceptors (Lipinski definition) is 1. The maximum absolute atomic E-state index is 12.3. The highest BCUT2D eigenvalue weighted by Gasteiger charge is 2.35.